The van der Waals surface area contributed by atoms with Crippen molar-refractivity contribution in [2.45, 2.75) is 31.0 Å². The Hall–Kier alpha value is -3.43. The van der Waals surface area contributed by atoms with Gasteiger partial charge in [0.1, 0.15) is 11.3 Å². The van der Waals surface area contributed by atoms with Gasteiger partial charge in [0.25, 0.3) is 0 Å². The van der Waals surface area contributed by atoms with Gasteiger partial charge in [0.05, 0.1) is 36.2 Å². The first-order valence-corrected chi connectivity index (χ1v) is 11.2. The van der Waals surface area contributed by atoms with Crippen LogP contribution in [0.3, 0.4) is 0 Å². The molecule has 3 amide bonds. The van der Waals surface area contributed by atoms with E-state index in [-0.39, 0.29) is 19.4 Å². The Kier molecular flexibility index (Phi) is 5.33. The highest BCUT2D eigenvalue weighted by molar-refractivity contribution is 6.35. The zero-order chi connectivity index (χ0) is 24.2. The van der Waals surface area contributed by atoms with Crippen LogP contribution in [0.15, 0.2) is 42.5 Å². The minimum Gasteiger partial charge on any atom is -0.497 e. The molecule has 2 aromatic rings. The number of amides is 3. The van der Waals surface area contributed by atoms with Gasteiger partial charge in [-0.15, -0.1) is 0 Å². The van der Waals surface area contributed by atoms with Crippen molar-refractivity contribution < 1.29 is 29.0 Å². The maximum Gasteiger partial charge on any atom is 0.303 e. The van der Waals surface area contributed by atoms with E-state index in [0.29, 0.717) is 22.0 Å². The van der Waals surface area contributed by atoms with Gasteiger partial charge in [-0.05, 0) is 30.2 Å². The van der Waals surface area contributed by atoms with Crippen LogP contribution in [0, 0.1) is 11.8 Å². The molecule has 3 N–H and O–H groups in total. The number of rotatable bonds is 6. The number of imide groups is 1. The number of hydrogen-bond donors (Lipinski definition) is 3. The highest BCUT2D eigenvalue weighted by Crippen LogP contribution is 2.54. The Labute approximate surface area is 200 Å². The average molecular weight is 484 g/mol. The Bertz CT molecular complexity index is 1220. The van der Waals surface area contributed by atoms with Gasteiger partial charge < -0.3 is 15.2 Å². The number of carboxylic acids is 1. The van der Waals surface area contributed by atoms with Gasteiger partial charge in [-0.1, -0.05) is 35.9 Å². The first-order chi connectivity index (χ1) is 16.3. The molecule has 0 bridgehead atoms. The van der Waals surface area contributed by atoms with E-state index in [9.17, 15) is 24.3 Å². The monoisotopic (exact) mass is 483 g/mol. The smallest absolute Gasteiger partial charge is 0.303 e. The van der Waals surface area contributed by atoms with Gasteiger partial charge in [-0.25, -0.2) is 0 Å². The molecular formula is C24H22ClN3O6. The van der Waals surface area contributed by atoms with Crippen LogP contribution in [0.5, 0.6) is 5.75 Å². The second kappa shape index (κ2) is 8.11. The largest absolute Gasteiger partial charge is 0.497 e. The molecule has 1 spiro atoms. The lowest BCUT2D eigenvalue weighted by Crippen LogP contribution is -2.53. The summed E-state index contributed by atoms with van der Waals surface area (Å²) in [6, 6.07) is 11.3. The van der Waals surface area contributed by atoms with Crippen molar-refractivity contribution in [3.05, 3.63) is 58.6 Å². The number of ether oxygens (including phenoxy) is 1. The molecule has 0 aromatic heterocycles. The molecule has 176 valence electrons. The summed E-state index contributed by atoms with van der Waals surface area (Å²) >= 11 is 6.31. The van der Waals surface area contributed by atoms with Crippen molar-refractivity contribution in [2.75, 3.05) is 12.4 Å². The second-order valence-electron chi connectivity index (χ2n) is 8.72. The van der Waals surface area contributed by atoms with E-state index in [1.54, 1.807) is 49.6 Å². The quantitative estimate of drug-likeness (QED) is 0.537. The first kappa shape index (κ1) is 22.4. The fourth-order valence-corrected chi connectivity index (χ4v) is 5.67. The maximum absolute atomic E-state index is 13.7. The fourth-order valence-electron chi connectivity index (χ4n) is 5.45. The maximum atomic E-state index is 13.7. The number of nitrogens with zero attached hydrogens (tertiary/aromatic N) is 1. The lowest BCUT2D eigenvalue weighted by atomic mass is 9.76. The third kappa shape index (κ3) is 3.19. The average Bonchev–Trinajstić information content (AvgIpc) is 3.40. The zero-order valence-electron chi connectivity index (χ0n) is 18.2. The number of carboxylic acid groups (broad SMARTS) is 1. The summed E-state index contributed by atoms with van der Waals surface area (Å²) < 4.78 is 5.16. The third-order valence-corrected chi connectivity index (χ3v) is 7.27. The predicted molar refractivity (Wildman–Crippen MR) is 121 cm³/mol. The standard InChI is InChI=1S/C24H22ClN3O6/c1-34-13-7-5-12(6-8-13)11-28-21(31)18-16(9-10-17(29)30)27-24(19(18)22(28)32)14-3-2-4-15(25)20(14)26-23(24)33/h2-8,16,18-19,27H,9-11H2,1H3,(H,26,33)(H,29,30)/t16-,18+,19+,24-/m1/s1. The Morgan fingerprint density at radius 3 is 2.56 bits per heavy atom. The fraction of sp³-hybridized carbons (Fsp3) is 0.333. The summed E-state index contributed by atoms with van der Waals surface area (Å²) in [5, 5.41) is 15.5. The molecule has 2 fully saturated rings. The summed E-state index contributed by atoms with van der Waals surface area (Å²) in [6.07, 6.45) is -0.113. The van der Waals surface area contributed by atoms with Crippen LogP contribution in [0.25, 0.3) is 0 Å². The van der Waals surface area contributed by atoms with Crippen LogP contribution in [-0.2, 0) is 31.3 Å². The molecule has 0 saturated carbocycles. The second-order valence-corrected chi connectivity index (χ2v) is 9.13. The van der Waals surface area contributed by atoms with Crippen LogP contribution in [-0.4, -0.2) is 46.8 Å². The molecular weight excluding hydrogens is 462 g/mol. The van der Waals surface area contributed by atoms with E-state index in [1.807, 2.05) is 0 Å². The Balaban J connectivity index is 1.56. The minimum atomic E-state index is -1.50. The summed E-state index contributed by atoms with van der Waals surface area (Å²) in [5.41, 5.74) is 0.111. The van der Waals surface area contributed by atoms with Gasteiger partial charge in [-0.3, -0.25) is 29.4 Å². The van der Waals surface area contributed by atoms with Crippen LogP contribution < -0.4 is 15.4 Å². The van der Waals surface area contributed by atoms with Crippen molar-refractivity contribution >= 4 is 41.0 Å². The molecule has 9 nitrogen and oxygen atoms in total. The number of aliphatic carboxylic acids is 1. The van der Waals surface area contributed by atoms with E-state index in [4.69, 9.17) is 16.3 Å². The number of halogens is 1. The van der Waals surface area contributed by atoms with Crippen LogP contribution in [0.2, 0.25) is 5.02 Å². The molecule has 34 heavy (non-hydrogen) atoms. The number of fused-ring (bicyclic) bond motifs is 4. The van der Waals surface area contributed by atoms with Gasteiger partial charge in [0.2, 0.25) is 17.7 Å². The third-order valence-electron chi connectivity index (χ3n) is 6.96. The van der Waals surface area contributed by atoms with Gasteiger partial charge in [0.15, 0.2) is 0 Å². The normalized spacial score (nSPS) is 27.2. The number of hydrogen-bond acceptors (Lipinski definition) is 6. The van der Waals surface area contributed by atoms with Crippen molar-refractivity contribution in [1.82, 2.24) is 10.2 Å². The molecule has 2 aromatic carbocycles. The van der Waals surface area contributed by atoms with Crippen LogP contribution in [0.4, 0.5) is 5.69 Å². The lowest BCUT2D eigenvalue weighted by Gasteiger charge is -2.29. The molecule has 3 aliphatic heterocycles. The number of likely N-dealkylation sites (tertiary alicyclic amines) is 1. The van der Waals surface area contributed by atoms with Gasteiger partial charge in [0, 0.05) is 18.0 Å². The number of nitrogens with one attached hydrogen (secondary N) is 2. The van der Waals surface area contributed by atoms with E-state index in [2.05, 4.69) is 10.6 Å². The molecule has 0 aliphatic carbocycles. The van der Waals surface area contributed by atoms with E-state index >= 15 is 0 Å². The summed E-state index contributed by atoms with van der Waals surface area (Å²) in [4.78, 5) is 53.1. The number of benzene rings is 2. The molecule has 4 atom stereocenters. The molecule has 0 radical (unpaired) electrons. The van der Waals surface area contributed by atoms with Gasteiger partial charge >= 0.3 is 5.97 Å². The molecule has 2 saturated heterocycles. The Morgan fingerprint density at radius 2 is 1.88 bits per heavy atom. The SMILES string of the molecule is COc1ccc(CN2C(=O)[C@@H]3[C@@H](C2=O)[C@@]2(N[C@@H]3CCC(=O)O)C(=O)Nc3c(Cl)cccc32)cc1. The van der Waals surface area contributed by atoms with Crippen LogP contribution in [0.1, 0.15) is 24.0 Å². The van der Waals surface area contributed by atoms with Crippen molar-refractivity contribution in [1.29, 1.82) is 0 Å². The molecule has 5 rings (SSSR count). The molecule has 3 aliphatic rings. The number of methoxy groups -OCH3 is 1. The van der Waals surface area contributed by atoms with E-state index < -0.39 is 47.1 Å². The summed E-state index contributed by atoms with van der Waals surface area (Å²) in [7, 11) is 1.55. The number of carbonyl (C=O) groups excluding carboxylic acids is 3. The highest BCUT2D eigenvalue weighted by Gasteiger charge is 2.70. The summed E-state index contributed by atoms with van der Waals surface area (Å²) in [6.45, 7) is 0.0421. The zero-order valence-corrected chi connectivity index (χ0v) is 19.0. The van der Waals surface area contributed by atoms with Crippen LogP contribution >= 0.6 is 11.6 Å². The van der Waals surface area contributed by atoms with E-state index in [1.165, 1.54) is 4.90 Å². The number of carbonyl (C=O) groups is 4. The number of para-hydroxylation sites is 1. The summed E-state index contributed by atoms with van der Waals surface area (Å²) in [5.74, 6) is -3.64. The van der Waals surface area contributed by atoms with E-state index in [0.717, 1.165) is 5.56 Å². The molecule has 10 heteroatoms. The highest BCUT2D eigenvalue weighted by atomic mass is 35.5. The molecule has 3 heterocycles. The number of anilines is 1. The van der Waals surface area contributed by atoms with Crippen molar-refractivity contribution in [3.8, 4) is 5.75 Å². The molecule has 0 unspecified atom stereocenters. The van der Waals surface area contributed by atoms with Crippen molar-refractivity contribution in [3.63, 3.8) is 0 Å². The van der Waals surface area contributed by atoms with Crippen molar-refractivity contribution in [2.24, 2.45) is 11.8 Å². The lowest BCUT2D eigenvalue weighted by molar-refractivity contribution is -0.144. The predicted octanol–water partition coefficient (Wildman–Crippen LogP) is 2.13. The first-order valence-electron chi connectivity index (χ1n) is 10.9. The topological polar surface area (TPSA) is 125 Å². The minimum absolute atomic E-state index is 0.0421. The van der Waals surface area contributed by atoms with Gasteiger partial charge in [-0.2, -0.15) is 0 Å². The Morgan fingerprint density at radius 1 is 1.15 bits per heavy atom.